The zero-order chi connectivity index (χ0) is 10.4. The van der Waals surface area contributed by atoms with Crippen LogP contribution in [0.3, 0.4) is 0 Å². The van der Waals surface area contributed by atoms with Crippen molar-refractivity contribution in [2.45, 2.75) is 6.92 Å². The predicted molar refractivity (Wildman–Crippen MR) is 55.4 cm³/mol. The SMILES string of the molecule is Cc1cc2cc3c(cc2[nH]c1=O)OCO3. The molecule has 4 nitrogen and oxygen atoms in total. The van der Waals surface area contributed by atoms with Gasteiger partial charge in [0.2, 0.25) is 6.79 Å². The van der Waals surface area contributed by atoms with E-state index >= 15 is 0 Å². The molecule has 0 radical (unpaired) electrons. The van der Waals surface area contributed by atoms with Crippen LogP contribution in [0.5, 0.6) is 11.5 Å². The van der Waals surface area contributed by atoms with Crippen molar-refractivity contribution in [1.29, 1.82) is 0 Å². The molecule has 0 amide bonds. The minimum absolute atomic E-state index is 0.0682. The van der Waals surface area contributed by atoms with Crippen LogP contribution in [0.25, 0.3) is 10.9 Å². The summed E-state index contributed by atoms with van der Waals surface area (Å²) < 4.78 is 10.5. The number of aromatic nitrogens is 1. The smallest absolute Gasteiger partial charge is 0.251 e. The lowest BCUT2D eigenvalue weighted by Crippen LogP contribution is -2.08. The Morgan fingerprint density at radius 3 is 2.73 bits per heavy atom. The zero-order valence-corrected chi connectivity index (χ0v) is 8.16. The minimum atomic E-state index is -0.0682. The Morgan fingerprint density at radius 2 is 1.93 bits per heavy atom. The molecule has 1 aromatic carbocycles. The summed E-state index contributed by atoms with van der Waals surface area (Å²) in [6, 6.07) is 5.51. The molecular formula is C11H9NO3. The second-order valence-corrected chi connectivity index (χ2v) is 3.57. The number of aryl methyl sites for hydroxylation is 1. The van der Waals surface area contributed by atoms with Gasteiger partial charge in [0.15, 0.2) is 11.5 Å². The highest BCUT2D eigenvalue weighted by atomic mass is 16.7. The van der Waals surface area contributed by atoms with Gasteiger partial charge in [-0.3, -0.25) is 4.79 Å². The highest BCUT2D eigenvalue weighted by molar-refractivity contribution is 5.83. The Bertz CT molecular complexity index is 601. The second kappa shape index (κ2) is 2.76. The molecule has 2 aromatic rings. The van der Waals surface area contributed by atoms with E-state index in [-0.39, 0.29) is 12.4 Å². The predicted octanol–water partition coefficient (Wildman–Crippen LogP) is 1.57. The molecule has 1 aromatic heterocycles. The van der Waals surface area contributed by atoms with E-state index in [1.54, 1.807) is 13.0 Å². The fraction of sp³-hybridized carbons (Fsp3) is 0.182. The van der Waals surface area contributed by atoms with Crippen molar-refractivity contribution >= 4 is 10.9 Å². The van der Waals surface area contributed by atoms with Gasteiger partial charge >= 0.3 is 0 Å². The van der Waals surface area contributed by atoms with Crippen molar-refractivity contribution in [3.05, 3.63) is 34.1 Å². The zero-order valence-electron chi connectivity index (χ0n) is 8.16. The van der Waals surface area contributed by atoms with Gasteiger partial charge in [0, 0.05) is 17.0 Å². The first-order valence-corrected chi connectivity index (χ1v) is 4.67. The molecule has 0 saturated heterocycles. The summed E-state index contributed by atoms with van der Waals surface area (Å²) in [4.78, 5) is 14.2. The van der Waals surface area contributed by atoms with E-state index < -0.39 is 0 Å². The summed E-state index contributed by atoms with van der Waals surface area (Å²) in [5.74, 6) is 1.41. The summed E-state index contributed by atoms with van der Waals surface area (Å²) in [5.41, 5.74) is 1.40. The van der Waals surface area contributed by atoms with Crippen molar-refractivity contribution in [2.24, 2.45) is 0 Å². The van der Waals surface area contributed by atoms with Gasteiger partial charge in [0.25, 0.3) is 5.56 Å². The largest absolute Gasteiger partial charge is 0.454 e. The molecule has 15 heavy (non-hydrogen) atoms. The molecule has 0 saturated carbocycles. The fourth-order valence-electron chi connectivity index (χ4n) is 1.71. The summed E-state index contributed by atoms with van der Waals surface area (Å²) in [6.45, 7) is 2.03. The van der Waals surface area contributed by atoms with Crippen LogP contribution in [0.15, 0.2) is 23.0 Å². The number of fused-ring (bicyclic) bond motifs is 2. The van der Waals surface area contributed by atoms with E-state index in [0.717, 1.165) is 16.7 Å². The Morgan fingerprint density at radius 1 is 1.20 bits per heavy atom. The summed E-state index contributed by atoms with van der Waals surface area (Å²) in [7, 11) is 0. The van der Waals surface area contributed by atoms with E-state index in [2.05, 4.69) is 4.98 Å². The number of hydrogen-bond donors (Lipinski definition) is 1. The lowest BCUT2D eigenvalue weighted by atomic mass is 10.1. The van der Waals surface area contributed by atoms with Crippen molar-refractivity contribution in [1.82, 2.24) is 4.98 Å². The number of ether oxygens (including phenoxy) is 2. The van der Waals surface area contributed by atoms with Gasteiger partial charge < -0.3 is 14.5 Å². The lowest BCUT2D eigenvalue weighted by molar-refractivity contribution is 0.174. The normalized spacial score (nSPS) is 13.4. The fourth-order valence-corrected chi connectivity index (χ4v) is 1.71. The third kappa shape index (κ3) is 1.18. The van der Waals surface area contributed by atoms with Gasteiger partial charge in [-0.25, -0.2) is 0 Å². The highest BCUT2D eigenvalue weighted by Crippen LogP contribution is 2.35. The summed E-state index contributed by atoms with van der Waals surface area (Å²) in [6.07, 6.45) is 0. The van der Waals surface area contributed by atoms with Gasteiger partial charge in [0.05, 0.1) is 5.52 Å². The van der Waals surface area contributed by atoms with E-state index in [1.165, 1.54) is 0 Å². The van der Waals surface area contributed by atoms with E-state index in [1.807, 2.05) is 12.1 Å². The van der Waals surface area contributed by atoms with E-state index in [0.29, 0.717) is 11.3 Å². The quantitative estimate of drug-likeness (QED) is 0.707. The topological polar surface area (TPSA) is 51.3 Å². The minimum Gasteiger partial charge on any atom is -0.454 e. The lowest BCUT2D eigenvalue weighted by Gasteiger charge is -2.01. The van der Waals surface area contributed by atoms with Gasteiger partial charge in [-0.05, 0) is 19.1 Å². The number of hydrogen-bond acceptors (Lipinski definition) is 3. The first kappa shape index (κ1) is 8.35. The standard InChI is InChI=1S/C11H9NO3/c1-6-2-7-3-9-10(15-5-14-9)4-8(7)12-11(6)13/h2-4H,5H2,1H3,(H,12,13). The molecule has 0 spiro atoms. The van der Waals surface area contributed by atoms with Gasteiger partial charge in [-0.2, -0.15) is 0 Å². The molecule has 0 bridgehead atoms. The molecule has 76 valence electrons. The maximum absolute atomic E-state index is 11.4. The summed E-state index contributed by atoms with van der Waals surface area (Å²) >= 11 is 0. The molecule has 1 aliphatic rings. The Labute approximate surface area is 85.4 Å². The van der Waals surface area contributed by atoms with Crippen LogP contribution in [-0.2, 0) is 0 Å². The van der Waals surface area contributed by atoms with Gasteiger partial charge in [-0.1, -0.05) is 0 Å². The van der Waals surface area contributed by atoms with Crippen molar-refractivity contribution < 1.29 is 9.47 Å². The molecule has 0 fully saturated rings. The number of aromatic amines is 1. The first-order valence-electron chi connectivity index (χ1n) is 4.67. The number of pyridine rings is 1. The Hall–Kier alpha value is -1.97. The van der Waals surface area contributed by atoms with Crippen LogP contribution >= 0.6 is 0 Å². The molecule has 0 unspecified atom stereocenters. The van der Waals surface area contributed by atoms with Crippen molar-refractivity contribution in [3.63, 3.8) is 0 Å². The molecule has 0 aliphatic carbocycles. The number of H-pyrrole nitrogens is 1. The molecule has 0 atom stereocenters. The van der Waals surface area contributed by atoms with Crippen molar-refractivity contribution in [2.75, 3.05) is 6.79 Å². The Balaban J connectivity index is 2.38. The third-order valence-corrected chi connectivity index (χ3v) is 2.52. The van der Waals surface area contributed by atoms with Crippen molar-refractivity contribution in [3.8, 4) is 11.5 Å². The second-order valence-electron chi connectivity index (χ2n) is 3.57. The Kier molecular flexibility index (Phi) is 1.54. The molecule has 1 aliphatic heterocycles. The summed E-state index contributed by atoms with van der Waals surface area (Å²) in [5, 5.41) is 0.955. The van der Waals surface area contributed by atoms with Gasteiger partial charge in [-0.15, -0.1) is 0 Å². The molecule has 1 N–H and O–H groups in total. The van der Waals surface area contributed by atoms with Crippen LogP contribution in [-0.4, -0.2) is 11.8 Å². The maximum Gasteiger partial charge on any atom is 0.251 e. The maximum atomic E-state index is 11.4. The molecule has 2 heterocycles. The molecule has 3 rings (SSSR count). The monoisotopic (exact) mass is 203 g/mol. The average Bonchev–Trinajstić information content (AvgIpc) is 2.63. The average molecular weight is 203 g/mol. The van der Waals surface area contributed by atoms with Crippen LogP contribution in [0.4, 0.5) is 0 Å². The third-order valence-electron chi connectivity index (χ3n) is 2.52. The number of nitrogens with one attached hydrogen (secondary N) is 1. The van der Waals surface area contributed by atoms with E-state index in [9.17, 15) is 4.79 Å². The molecular weight excluding hydrogens is 194 g/mol. The number of benzene rings is 1. The first-order chi connectivity index (χ1) is 7.24. The van der Waals surface area contributed by atoms with Gasteiger partial charge in [0.1, 0.15) is 0 Å². The van der Waals surface area contributed by atoms with Crippen LogP contribution in [0.1, 0.15) is 5.56 Å². The van der Waals surface area contributed by atoms with E-state index in [4.69, 9.17) is 9.47 Å². The van der Waals surface area contributed by atoms with Crippen LogP contribution < -0.4 is 15.0 Å². The van der Waals surface area contributed by atoms with Crippen LogP contribution in [0.2, 0.25) is 0 Å². The number of rotatable bonds is 0. The molecule has 4 heteroatoms. The highest BCUT2D eigenvalue weighted by Gasteiger charge is 2.14. The van der Waals surface area contributed by atoms with Crippen LogP contribution in [0, 0.1) is 6.92 Å².